The number of benzene rings is 1. The molecule has 2 unspecified atom stereocenters. The van der Waals surface area contributed by atoms with Crippen LogP contribution in [0.1, 0.15) is 13.8 Å². The first-order valence-corrected chi connectivity index (χ1v) is 8.58. The summed E-state index contributed by atoms with van der Waals surface area (Å²) in [6.45, 7) is 4.15. The minimum absolute atomic E-state index is 0.0954. The van der Waals surface area contributed by atoms with E-state index in [0.29, 0.717) is 11.3 Å². The Morgan fingerprint density at radius 3 is 2.73 bits per heavy atom. The van der Waals surface area contributed by atoms with Crippen LogP contribution in [0, 0.1) is 17.3 Å². The summed E-state index contributed by atoms with van der Waals surface area (Å²) in [6, 6.07) is 9.43. The molecule has 1 aliphatic carbocycles. The van der Waals surface area contributed by atoms with Crippen LogP contribution in [0.25, 0.3) is 10.9 Å². The minimum atomic E-state index is -0.203. The molecule has 114 valence electrons. The SMILES string of the molecule is CC1(C)C(C=C(Br)Br)C1C(=O)Oc1cccc2cccnc12. The van der Waals surface area contributed by atoms with Gasteiger partial charge in [-0.25, -0.2) is 0 Å². The molecule has 0 radical (unpaired) electrons. The zero-order chi connectivity index (χ0) is 15.9. The lowest BCUT2D eigenvalue weighted by atomic mass is 10.1. The summed E-state index contributed by atoms with van der Waals surface area (Å²) >= 11 is 6.72. The second kappa shape index (κ2) is 5.78. The van der Waals surface area contributed by atoms with Gasteiger partial charge in [-0.05, 0) is 55.3 Å². The van der Waals surface area contributed by atoms with Gasteiger partial charge in [0, 0.05) is 11.6 Å². The van der Waals surface area contributed by atoms with Gasteiger partial charge in [0.15, 0.2) is 5.75 Å². The van der Waals surface area contributed by atoms with Crippen LogP contribution in [-0.2, 0) is 4.79 Å². The molecule has 5 heteroatoms. The average Bonchev–Trinajstić information content (AvgIpc) is 2.99. The summed E-state index contributed by atoms with van der Waals surface area (Å²) in [6.07, 6.45) is 3.71. The van der Waals surface area contributed by atoms with Crippen molar-refractivity contribution in [1.29, 1.82) is 0 Å². The topological polar surface area (TPSA) is 39.2 Å². The second-order valence-electron chi connectivity index (χ2n) is 6.03. The van der Waals surface area contributed by atoms with Crippen molar-refractivity contribution in [3.8, 4) is 5.75 Å². The van der Waals surface area contributed by atoms with Gasteiger partial charge in [0.05, 0.1) is 9.31 Å². The normalized spacial score (nSPS) is 22.2. The van der Waals surface area contributed by atoms with Crippen LogP contribution in [0.4, 0.5) is 0 Å². The standard InChI is InChI=1S/C17H15Br2NO2/c1-17(2)11(9-13(18)19)14(17)16(21)22-12-7-3-5-10-6-4-8-20-15(10)12/h3-9,11,14H,1-2H3. The number of carbonyl (C=O) groups is 1. The number of carbonyl (C=O) groups excluding carboxylic acids is 1. The summed E-state index contributed by atoms with van der Waals surface area (Å²) in [7, 11) is 0. The van der Waals surface area contributed by atoms with Crippen LogP contribution in [0.3, 0.4) is 0 Å². The highest BCUT2D eigenvalue weighted by Gasteiger charge is 2.61. The van der Waals surface area contributed by atoms with Gasteiger partial charge in [0.25, 0.3) is 0 Å². The lowest BCUT2D eigenvalue weighted by Gasteiger charge is -2.07. The van der Waals surface area contributed by atoms with Crippen molar-refractivity contribution in [2.24, 2.45) is 17.3 Å². The number of hydrogen-bond donors (Lipinski definition) is 0. The number of pyridine rings is 1. The van der Waals surface area contributed by atoms with Crippen molar-refractivity contribution in [3.63, 3.8) is 0 Å². The zero-order valence-corrected chi connectivity index (χ0v) is 15.4. The van der Waals surface area contributed by atoms with E-state index >= 15 is 0 Å². The summed E-state index contributed by atoms with van der Waals surface area (Å²) in [5.74, 6) is 0.338. The molecule has 0 amide bonds. The number of esters is 1. The summed E-state index contributed by atoms with van der Waals surface area (Å²) < 4.78 is 6.50. The molecule has 2 aromatic rings. The lowest BCUT2D eigenvalue weighted by Crippen LogP contribution is -2.14. The maximum Gasteiger partial charge on any atom is 0.315 e. The fraction of sp³-hybridized carbons (Fsp3) is 0.294. The van der Waals surface area contributed by atoms with Crippen molar-refractivity contribution in [2.45, 2.75) is 13.8 Å². The Hall–Kier alpha value is -1.20. The monoisotopic (exact) mass is 423 g/mol. The fourth-order valence-electron chi connectivity index (χ4n) is 2.91. The summed E-state index contributed by atoms with van der Waals surface area (Å²) in [5, 5.41) is 0.961. The van der Waals surface area contributed by atoms with E-state index in [1.54, 1.807) is 12.3 Å². The highest BCUT2D eigenvalue weighted by molar-refractivity contribution is 9.28. The van der Waals surface area contributed by atoms with E-state index in [0.717, 1.165) is 8.78 Å². The van der Waals surface area contributed by atoms with E-state index in [1.807, 2.05) is 30.3 Å². The van der Waals surface area contributed by atoms with Gasteiger partial charge < -0.3 is 4.74 Å². The van der Waals surface area contributed by atoms with E-state index in [9.17, 15) is 4.79 Å². The van der Waals surface area contributed by atoms with Crippen molar-refractivity contribution >= 4 is 48.7 Å². The Bertz CT molecular complexity index is 761. The molecule has 1 aromatic heterocycles. The van der Waals surface area contributed by atoms with E-state index in [2.05, 4.69) is 50.7 Å². The number of para-hydroxylation sites is 1. The highest BCUT2D eigenvalue weighted by Crippen LogP contribution is 2.60. The third-order valence-corrected chi connectivity index (χ3v) is 4.81. The first-order chi connectivity index (χ1) is 10.4. The molecular weight excluding hydrogens is 410 g/mol. The predicted molar refractivity (Wildman–Crippen MR) is 94.1 cm³/mol. The van der Waals surface area contributed by atoms with Gasteiger partial charge in [0.2, 0.25) is 0 Å². The molecule has 1 aromatic carbocycles. The molecule has 0 aliphatic heterocycles. The number of rotatable bonds is 3. The number of allylic oxidation sites excluding steroid dienone is 1. The van der Waals surface area contributed by atoms with Gasteiger partial charge in [0.1, 0.15) is 5.52 Å². The average molecular weight is 425 g/mol. The molecular formula is C17H15Br2NO2. The third-order valence-electron chi connectivity index (χ3n) is 4.28. The first kappa shape index (κ1) is 15.7. The third kappa shape index (κ3) is 2.84. The smallest absolute Gasteiger partial charge is 0.315 e. The molecule has 1 aliphatic rings. The summed E-state index contributed by atoms with van der Waals surface area (Å²) in [4.78, 5) is 16.8. The Labute approximate surface area is 146 Å². The van der Waals surface area contributed by atoms with E-state index in [-0.39, 0.29) is 23.2 Å². The Balaban J connectivity index is 1.84. The maximum atomic E-state index is 12.5. The summed E-state index contributed by atoms with van der Waals surface area (Å²) in [5.41, 5.74) is 0.618. The van der Waals surface area contributed by atoms with Gasteiger partial charge in [-0.3, -0.25) is 9.78 Å². The number of ether oxygens (including phenoxy) is 1. The number of fused-ring (bicyclic) bond motifs is 1. The second-order valence-corrected chi connectivity index (χ2v) is 8.81. The van der Waals surface area contributed by atoms with Crippen LogP contribution in [-0.4, -0.2) is 11.0 Å². The fourth-order valence-corrected chi connectivity index (χ4v) is 3.47. The Morgan fingerprint density at radius 1 is 1.27 bits per heavy atom. The van der Waals surface area contributed by atoms with E-state index in [1.165, 1.54) is 0 Å². The molecule has 0 spiro atoms. The van der Waals surface area contributed by atoms with Crippen molar-refractivity contribution < 1.29 is 9.53 Å². The molecule has 1 fully saturated rings. The molecule has 0 bridgehead atoms. The minimum Gasteiger partial charge on any atom is -0.424 e. The molecule has 2 atom stereocenters. The van der Waals surface area contributed by atoms with Gasteiger partial charge in [-0.15, -0.1) is 0 Å². The Morgan fingerprint density at radius 2 is 2.00 bits per heavy atom. The van der Waals surface area contributed by atoms with E-state index < -0.39 is 0 Å². The van der Waals surface area contributed by atoms with Crippen molar-refractivity contribution in [2.75, 3.05) is 0 Å². The predicted octanol–water partition coefficient (Wildman–Crippen LogP) is 5.04. The van der Waals surface area contributed by atoms with Crippen LogP contribution in [0.15, 0.2) is 46.0 Å². The molecule has 0 N–H and O–H groups in total. The number of nitrogens with zero attached hydrogens (tertiary/aromatic N) is 1. The van der Waals surface area contributed by atoms with Gasteiger partial charge >= 0.3 is 5.97 Å². The van der Waals surface area contributed by atoms with Crippen LogP contribution < -0.4 is 4.74 Å². The van der Waals surface area contributed by atoms with Crippen molar-refractivity contribution in [3.05, 3.63) is 46.0 Å². The molecule has 22 heavy (non-hydrogen) atoms. The van der Waals surface area contributed by atoms with Crippen LogP contribution in [0.2, 0.25) is 0 Å². The van der Waals surface area contributed by atoms with E-state index in [4.69, 9.17) is 4.74 Å². The molecule has 0 saturated heterocycles. The molecule has 3 nitrogen and oxygen atoms in total. The number of halogens is 2. The largest absolute Gasteiger partial charge is 0.424 e. The van der Waals surface area contributed by atoms with Crippen LogP contribution in [0.5, 0.6) is 5.75 Å². The zero-order valence-electron chi connectivity index (χ0n) is 12.2. The van der Waals surface area contributed by atoms with Gasteiger partial charge in [-0.2, -0.15) is 0 Å². The van der Waals surface area contributed by atoms with Crippen molar-refractivity contribution in [1.82, 2.24) is 4.98 Å². The lowest BCUT2D eigenvalue weighted by molar-refractivity contribution is -0.136. The maximum absolute atomic E-state index is 12.5. The van der Waals surface area contributed by atoms with Gasteiger partial charge in [-0.1, -0.05) is 38.1 Å². The highest BCUT2D eigenvalue weighted by atomic mass is 79.9. The van der Waals surface area contributed by atoms with Crippen LogP contribution >= 0.6 is 31.9 Å². The molecule has 1 heterocycles. The molecule has 3 rings (SSSR count). The Kier molecular flexibility index (Phi) is 4.12. The quantitative estimate of drug-likeness (QED) is 0.511. The number of hydrogen-bond acceptors (Lipinski definition) is 3. The number of aromatic nitrogens is 1. The first-order valence-electron chi connectivity index (χ1n) is 6.99. The molecule has 1 saturated carbocycles.